The summed E-state index contributed by atoms with van der Waals surface area (Å²) in [4.78, 5) is 39.1. The Bertz CT molecular complexity index is 1710. The molecule has 1 amide bonds. The third-order valence-electron chi connectivity index (χ3n) is 9.08. The van der Waals surface area contributed by atoms with Crippen molar-refractivity contribution in [3.05, 3.63) is 83.4 Å². The summed E-state index contributed by atoms with van der Waals surface area (Å²) in [6.07, 6.45) is 3.64. The molecule has 3 atom stereocenters. The van der Waals surface area contributed by atoms with Crippen LogP contribution >= 0.6 is 0 Å². The van der Waals surface area contributed by atoms with Gasteiger partial charge in [-0.3, -0.25) is 4.79 Å². The van der Waals surface area contributed by atoms with Crippen LogP contribution in [0, 0.1) is 6.92 Å². The highest BCUT2D eigenvalue weighted by Crippen LogP contribution is 2.37. The molecule has 3 fully saturated rings. The number of esters is 1. The van der Waals surface area contributed by atoms with E-state index in [0.29, 0.717) is 37.6 Å². The summed E-state index contributed by atoms with van der Waals surface area (Å²) >= 11 is 0. The summed E-state index contributed by atoms with van der Waals surface area (Å²) in [6.45, 7) is 7.65. The molecule has 6 heterocycles. The van der Waals surface area contributed by atoms with E-state index in [1.54, 1.807) is 16.6 Å². The number of rotatable bonds is 6. The topological polar surface area (TPSA) is 114 Å². The van der Waals surface area contributed by atoms with Gasteiger partial charge < -0.3 is 24.6 Å². The first kappa shape index (κ1) is 27.3. The van der Waals surface area contributed by atoms with Gasteiger partial charge in [-0.2, -0.15) is 0 Å². The first-order valence-electron chi connectivity index (χ1n) is 14.7. The van der Waals surface area contributed by atoms with Crippen LogP contribution in [0.2, 0.25) is 0 Å². The van der Waals surface area contributed by atoms with E-state index in [0.717, 1.165) is 30.8 Å². The number of amides is 1. The van der Waals surface area contributed by atoms with Gasteiger partial charge in [-0.1, -0.05) is 43.3 Å². The molecule has 11 nitrogen and oxygen atoms in total. The predicted molar refractivity (Wildman–Crippen MR) is 161 cm³/mol. The minimum atomic E-state index is -0.627. The van der Waals surface area contributed by atoms with Gasteiger partial charge in [0.05, 0.1) is 37.2 Å². The quantitative estimate of drug-likeness (QED) is 0.343. The molecular formula is C32H35N7O4. The van der Waals surface area contributed by atoms with Crippen LogP contribution in [-0.2, 0) is 14.9 Å². The lowest BCUT2D eigenvalue weighted by Crippen LogP contribution is -2.60. The van der Waals surface area contributed by atoms with Gasteiger partial charge in [-0.15, -0.1) is 5.10 Å². The Labute approximate surface area is 249 Å². The molecule has 7 rings (SSSR count). The van der Waals surface area contributed by atoms with Crippen molar-refractivity contribution < 1.29 is 19.1 Å². The molecule has 11 heteroatoms. The Morgan fingerprint density at radius 2 is 1.91 bits per heavy atom. The van der Waals surface area contributed by atoms with Crippen LogP contribution in [0.4, 0.5) is 11.5 Å². The van der Waals surface area contributed by atoms with E-state index in [1.807, 2.05) is 24.1 Å². The van der Waals surface area contributed by atoms with Gasteiger partial charge in [0.1, 0.15) is 5.82 Å². The fraction of sp³-hybridized carbons (Fsp3) is 0.406. The van der Waals surface area contributed by atoms with Crippen molar-refractivity contribution in [2.45, 2.75) is 43.7 Å². The van der Waals surface area contributed by atoms with E-state index in [1.165, 1.54) is 12.7 Å². The lowest BCUT2D eigenvalue weighted by Gasteiger charge is -2.39. The maximum atomic E-state index is 13.6. The lowest BCUT2D eigenvalue weighted by molar-refractivity contribution is 0.0594. The molecule has 3 saturated heterocycles. The van der Waals surface area contributed by atoms with Crippen LogP contribution in [0.1, 0.15) is 52.0 Å². The number of pyridine rings is 2. The lowest BCUT2D eigenvalue weighted by atomic mass is 9.82. The fourth-order valence-electron chi connectivity index (χ4n) is 6.81. The number of carbonyl (C=O) groups excluding carboxylic acids is 2. The SMILES string of the molecule is COC(=O)c1cccc(N2CC3CC(NC(=O)c4nc5c(C)cc(N6CC[C@](C)(c7ccccc7)C6)cn5n4)(CO3)C2)n1. The molecule has 1 N–H and O–H groups in total. The minimum absolute atomic E-state index is 0.0708. The molecule has 0 spiro atoms. The number of nitrogens with zero attached hydrogens (tertiary/aromatic N) is 6. The number of hydrogen-bond acceptors (Lipinski definition) is 9. The van der Waals surface area contributed by atoms with E-state index >= 15 is 0 Å². The first-order chi connectivity index (χ1) is 20.7. The molecule has 3 aromatic heterocycles. The highest BCUT2D eigenvalue weighted by atomic mass is 16.5. The normalized spacial score (nSPS) is 24.9. The van der Waals surface area contributed by atoms with E-state index in [2.05, 4.69) is 68.6 Å². The average Bonchev–Trinajstić information content (AvgIpc) is 3.73. The Morgan fingerprint density at radius 3 is 2.72 bits per heavy atom. The maximum Gasteiger partial charge on any atom is 0.356 e. The molecule has 0 aliphatic carbocycles. The summed E-state index contributed by atoms with van der Waals surface area (Å²) in [6, 6.07) is 18.0. The number of benzene rings is 1. The monoisotopic (exact) mass is 581 g/mol. The number of fused-ring (bicyclic) bond motifs is 3. The number of carbonyl (C=O) groups is 2. The van der Waals surface area contributed by atoms with Gasteiger partial charge in [-0.25, -0.2) is 19.3 Å². The van der Waals surface area contributed by atoms with Gasteiger partial charge in [0.25, 0.3) is 5.91 Å². The second-order valence-corrected chi connectivity index (χ2v) is 12.3. The summed E-state index contributed by atoms with van der Waals surface area (Å²) < 4.78 is 12.6. The zero-order chi connectivity index (χ0) is 29.8. The van der Waals surface area contributed by atoms with Crippen LogP contribution < -0.4 is 15.1 Å². The molecular weight excluding hydrogens is 546 g/mol. The number of nitrogens with one attached hydrogen (secondary N) is 1. The molecule has 3 aliphatic rings. The van der Waals surface area contributed by atoms with Crippen LogP contribution in [0.5, 0.6) is 0 Å². The standard InChI is InChI=1S/C32H35N7O4/c1-21-14-23(37-13-12-31(2,18-37)22-8-5-4-6-9-22)16-39-28(21)34-27(36-39)29(40)35-32-15-24(43-20-32)17-38(19-32)26-11-7-10-25(33-26)30(41)42-3/h4-11,14,16,24H,12-13,15,17-20H2,1-3H3,(H,35,40)/t24?,31-,32?/m0/s1. The Kier molecular flexibility index (Phi) is 6.57. The first-order valence-corrected chi connectivity index (χ1v) is 14.7. The van der Waals surface area contributed by atoms with Gasteiger partial charge in [0.2, 0.25) is 5.82 Å². The van der Waals surface area contributed by atoms with Crippen molar-refractivity contribution in [2.24, 2.45) is 0 Å². The second kappa shape index (κ2) is 10.3. The number of ether oxygens (including phenoxy) is 2. The van der Waals surface area contributed by atoms with Crippen LogP contribution in [0.3, 0.4) is 0 Å². The fourth-order valence-corrected chi connectivity index (χ4v) is 6.81. The molecule has 222 valence electrons. The van der Waals surface area contributed by atoms with Gasteiger partial charge in [0.15, 0.2) is 11.3 Å². The van der Waals surface area contributed by atoms with Crippen molar-refractivity contribution >= 4 is 29.0 Å². The van der Waals surface area contributed by atoms with E-state index in [4.69, 9.17) is 9.47 Å². The molecule has 2 bridgehead atoms. The predicted octanol–water partition coefficient (Wildman–Crippen LogP) is 3.17. The zero-order valence-electron chi connectivity index (χ0n) is 24.6. The highest BCUT2D eigenvalue weighted by molar-refractivity contribution is 5.92. The Hall–Kier alpha value is -4.51. The summed E-state index contributed by atoms with van der Waals surface area (Å²) in [5, 5.41) is 7.80. The Morgan fingerprint density at radius 1 is 1.07 bits per heavy atom. The second-order valence-electron chi connectivity index (χ2n) is 12.3. The molecule has 2 unspecified atom stereocenters. The number of piperidine rings is 1. The van der Waals surface area contributed by atoms with Crippen LogP contribution in [0.25, 0.3) is 5.65 Å². The van der Waals surface area contributed by atoms with Crippen molar-refractivity contribution in [1.82, 2.24) is 24.9 Å². The van der Waals surface area contributed by atoms with Crippen molar-refractivity contribution in [3.63, 3.8) is 0 Å². The number of aryl methyl sites for hydroxylation is 1. The average molecular weight is 582 g/mol. The molecule has 4 aromatic rings. The summed E-state index contributed by atoms with van der Waals surface area (Å²) in [5.74, 6) is -0.0789. The smallest absolute Gasteiger partial charge is 0.356 e. The number of aromatic nitrogens is 4. The van der Waals surface area contributed by atoms with E-state index < -0.39 is 11.5 Å². The van der Waals surface area contributed by atoms with Crippen molar-refractivity contribution in [2.75, 3.05) is 49.7 Å². The van der Waals surface area contributed by atoms with Crippen LogP contribution in [0.15, 0.2) is 60.8 Å². The molecule has 0 radical (unpaired) electrons. The molecule has 0 saturated carbocycles. The highest BCUT2D eigenvalue weighted by Gasteiger charge is 2.48. The number of hydrogen-bond donors (Lipinski definition) is 1. The largest absolute Gasteiger partial charge is 0.464 e. The maximum absolute atomic E-state index is 13.6. The zero-order valence-corrected chi connectivity index (χ0v) is 24.6. The summed E-state index contributed by atoms with van der Waals surface area (Å²) in [5.41, 5.74) is 3.71. The molecule has 43 heavy (non-hydrogen) atoms. The van der Waals surface area contributed by atoms with Gasteiger partial charge in [-0.05, 0) is 42.7 Å². The molecule has 1 aromatic carbocycles. The van der Waals surface area contributed by atoms with Crippen molar-refractivity contribution in [3.8, 4) is 0 Å². The number of anilines is 2. The van der Waals surface area contributed by atoms with Crippen molar-refractivity contribution in [1.29, 1.82) is 0 Å². The minimum Gasteiger partial charge on any atom is -0.464 e. The third-order valence-corrected chi connectivity index (χ3v) is 9.08. The van der Waals surface area contributed by atoms with Crippen LogP contribution in [-0.4, -0.2) is 83.0 Å². The van der Waals surface area contributed by atoms with Gasteiger partial charge in [0, 0.05) is 38.0 Å². The van der Waals surface area contributed by atoms with Gasteiger partial charge >= 0.3 is 5.97 Å². The Balaban J connectivity index is 1.09. The van der Waals surface area contributed by atoms with E-state index in [9.17, 15) is 9.59 Å². The molecule has 3 aliphatic heterocycles. The van der Waals surface area contributed by atoms with E-state index in [-0.39, 0.29) is 28.9 Å². The third kappa shape index (κ3) is 4.97. The summed E-state index contributed by atoms with van der Waals surface area (Å²) in [7, 11) is 1.33. The number of methoxy groups -OCH3 is 1.